The van der Waals surface area contributed by atoms with E-state index >= 15 is 0 Å². The largest absolute Gasteiger partial charge is 0.316 e. The normalized spacial score (nSPS) is 22.0. The van der Waals surface area contributed by atoms with Gasteiger partial charge in [-0.1, -0.05) is 44.0 Å². The first kappa shape index (κ1) is 15.1. The van der Waals surface area contributed by atoms with Crippen molar-refractivity contribution in [2.75, 3.05) is 32.7 Å². The Hall–Kier alpha value is -0.860. The van der Waals surface area contributed by atoms with Crippen molar-refractivity contribution in [1.82, 2.24) is 10.2 Å². The fraction of sp³-hybridized carbons (Fsp3) is 0.684. The molecular weight excluding hydrogens is 256 g/mol. The van der Waals surface area contributed by atoms with Gasteiger partial charge in [0.25, 0.3) is 0 Å². The molecule has 1 aromatic carbocycles. The molecule has 0 spiro atoms. The lowest BCUT2D eigenvalue weighted by Crippen LogP contribution is -2.43. The predicted molar refractivity (Wildman–Crippen MR) is 89.7 cm³/mol. The number of nitrogens with one attached hydrogen (secondary N) is 1. The maximum atomic E-state index is 3.63. The van der Waals surface area contributed by atoms with Crippen LogP contribution in [0.25, 0.3) is 0 Å². The van der Waals surface area contributed by atoms with E-state index in [0.717, 1.165) is 6.54 Å². The van der Waals surface area contributed by atoms with E-state index in [9.17, 15) is 0 Å². The summed E-state index contributed by atoms with van der Waals surface area (Å²) in [5.41, 5.74) is 3.70. The van der Waals surface area contributed by atoms with Crippen molar-refractivity contribution in [3.63, 3.8) is 0 Å². The van der Waals surface area contributed by atoms with Gasteiger partial charge in [-0.25, -0.2) is 0 Å². The number of hydrogen-bond acceptors (Lipinski definition) is 2. The molecule has 2 nitrogen and oxygen atoms in total. The molecule has 1 aromatic rings. The van der Waals surface area contributed by atoms with Crippen molar-refractivity contribution in [1.29, 1.82) is 0 Å². The van der Waals surface area contributed by atoms with E-state index in [2.05, 4.69) is 41.4 Å². The van der Waals surface area contributed by atoms with Crippen LogP contribution in [0.5, 0.6) is 0 Å². The average molecular weight is 286 g/mol. The van der Waals surface area contributed by atoms with Crippen molar-refractivity contribution in [3.8, 4) is 0 Å². The molecule has 1 N–H and O–H groups in total. The SMILES string of the molecule is CCNCC1(CN2CCc3ccccc3CC2)CCCC1. The quantitative estimate of drug-likeness (QED) is 0.894. The van der Waals surface area contributed by atoms with Crippen molar-refractivity contribution in [2.45, 2.75) is 45.4 Å². The zero-order valence-corrected chi connectivity index (χ0v) is 13.5. The highest BCUT2D eigenvalue weighted by molar-refractivity contribution is 5.28. The van der Waals surface area contributed by atoms with E-state index in [1.165, 1.54) is 64.7 Å². The van der Waals surface area contributed by atoms with Gasteiger partial charge in [-0.05, 0) is 48.8 Å². The van der Waals surface area contributed by atoms with E-state index in [1.54, 1.807) is 11.1 Å². The molecule has 0 radical (unpaired) electrons. The van der Waals surface area contributed by atoms with E-state index in [0.29, 0.717) is 5.41 Å². The molecule has 0 saturated heterocycles. The van der Waals surface area contributed by atoms with Crippen molar-refractivity contribution in [2.24, 2.45) is 5.41 Å². The summed E-state index contributed by atoms with van der Waals surface area (Å²) in [5.74, 6) is 0. The topological polar surface area (TPSA) is 15.3 Å². The Morgan fingerprint density at radius 3 is 2.24 bits per heavy atom. The first-order valence-corrected chi connectivity index (χ1v) is 8.81. The van der Waals surface area contributed by atoms with Crippen LogP contribution in [0.3, 0.4) is 0 Å². The lowest BCUT2D eigenvalue weighted by Gasteiger charge is -2.35. The summed E-state index contributed by atoms with van der Waals surface area (Å²) >= 11 is 0. The minimum Gasteiger partial charge on any atom is -0.316 e. The highest BCUT2D eigenvalue weighted by Crippen LogP contribution is 2.38. The molecule has 116 valence electrons. The summed E-state index contributed by atoms with van der Waals surface area (Å²) in [6.07, 6.45) is 8.16. The smallest absolute Gasteiger partial charge is 0.00504 e. The van der Waals surface area contributed by atoms with Gasteiger partial charge in [0.1, 0.15) is 0 Å². The molecule has 0 aromatic heterocycles. The Morgan fingerprint density at radius 2 is 1.67 bits per heavy atom. The number of nitrogens with zero attached hydrogens (tertiary/aromatic N) is 1. The minimum atomic E-state index is 0.548. The van der Waals surface area contributed by atoms with Crippen molar-refractivity contribution >= 4 is 0 Å². The molecule has 1 fully saturated rings. The Labute approximate surface area is 129 Å². The lowest BCUT2D eigenvalue weighted by molar-refractivity contribution is 0.153. The maximum absolute atomic E-state index is 3.63. The summed E-state index contributed by atoms with van der Waals surface area (Å²) in [7, 11) is 0. The molecule has 0 unspecified atom stereocenters. The molecule has 21 heavy (non-hydrogen) atoms. The standard InChI is InChI=1S/C19H30N2/c1-2-20-15-19(11-5-6-12-19)16-21-13-9-17-7-3-4-8-18(17)10-14-21/h3-4,7-8,20H,2,5-6,9-16H2,1H3. The molecular formula is C19H30N2. The fourth-order valence-corrected chi connectivity index (χ4v) is 4.25. The third-order valence-electron chi connectivity index (χ3n) is 5.49. The molecule has 1 heterocycles. The van der Waals surface area contributed by atoms with Gasteiger partial charge >= 0.3 is 0 Å². The van der Waals surface area contributed by atoms with Crippen molar-refractivity contribution < 1.29 is 0 Å². The predicted octanol–water partition coefficient (Wildman–Crippen LogP) is 3.26. The second-order valence-electron chi connectivity index (χ2n) is 7.03. The molecule has 0 amide bonds. The Kier molecular flexibility index (Phi) is 4.97. The fourth-order valence-electron chi connectivity index (χ4n) is 4.25. The van der Waals surface area contributed by atoms with Crippen LogP contribution in [0, 0.1) is 5.41 Å². The summed E-state index contributed by atoms with van der Waals surface area (Å²) in [5, 5.41) is 3.63. The van der Waals surface area contributed by atoms with Gasteiger partial charge in [0, 0.05) is 26.2 Å². The van der Waals surface area contributed by atoms with Gasteiger partial charge in [0.15, 0.2) is 0 Å². The third-order valence-corrected chi connectivity index (χ3v) is 5.49. The number of hydrogen-bond donors (Lipinski definition) is 1. The van der Waals surface area contributed by atoms with E-state index in [4.69, 9.17) is 0 Å². The number of benzene rings is 1. The zero-order valence-electron chi connectivity index (χ0n) is 13.5. The third kappa shape index (κ3) is 3.67. The van der Waals surface area contributed by atoms with Gasteiger partial charge in [-0.15, -0.1) is 0 Å². The van der Waals surface area contributed by atoms with Crippen LogP contribution < -0.4 is 5.32 Å². The van der Waals surface area contributed by atoms with E-state index < -0.39 is 0 Å². The second-order valence-corrected chi connectivity index (χ2v) is 7.03. The Balaban J connectivity index is 1.62. The van der Waals surface area contributed by atoms with Crippen molar-refractivity contribution in [3.05, 3.63) is 35.4 Å². The van der Waals surface area contributed by atoms with Crippen LogP contribution in [-0.4, -0.2) is 37.6 Å². The molecule has 1 saturated carbocycles. The van der Waals surface area contributed by atoms with Gasteiger partial charge < -0.3 is 10.2 Å². The van der Waals surface area contributed by atoms with Gasteiger partial charge in [0.05, 0.1) is 0 Å². The number of rotatable bonds is 5. The first-order chi connectivity index (χ1) is 10.3. The Morgan fingerprint density at radius 1 is 1.05 bits per heavy atom. The molecule has 3 rings (SSSR count). The van der Waals surface area contributed by atoms with Gasteiger partial charge in [-0.2, -0.15) is 0 Å². The molecule has 1 aliphatic carbocycles. The first-order valence-electron chi connectivity index (χ1n) is 8.81. The van der Waals surface area contributed by atoms with Crippen LogP contribution >= 0.6 is 0 Å². The Bertz CT molecular complexity index is 422. The van der Waals surface area contributed by atoms with Crippen LogP contribution in [0.1, 0.15) is 43.7 Å². The number of fused-ring (bicyclic) bond motifs is 1. The zero-order chi connectivity index (χ0) is 14.5. The second kappa shape index (κ2) is 6.93. The molecule has 2 aliphatic rings. The van der Waals surface area contributed by atoms with E-state index in [-0.39, 0.29) is 0 Å². The molecule has 1 aliphatic heterocycles. The van der Waals surface area contributed by atoms with Crippen LogP contribution in [0.15, 0.2) is 24.3 Å². The van der Waals surface area contributed by atoms with Crippen LogP contribution in [0.4, 0.5) is 0 Å². The summed E-state index contributed by atoms with van der Waals surface area (Å²) < 4.78 is 0. The van der Waals surface area contributed by atoms with Gasteiger partial charge in [-0.3, -0.25) is 0 Å². The highest BCUT2D eigenvalue weighted by Gasteiger charge is 2.35. The van der Waals surface area contributed by atoms with Gasteiger partial charge in [0.2, 0.25) is 0 Å². The molecule has 0 atom stereocenters. The molecule has 2 heteroatoms. The highest BCUT2D eigenvalue weighted by atomic mass is 15.1. The van der Waals surface area contributed by atoms with Crippen LogP contribution in [0.2, 0.25) is 0 Å². The summed E-state index contributed by atoms with van der Waals surface area (Å²) in [6.45, 7) is 8.33. The monoisotopic (exact) mass is 286 g/mol. The molecule has 0 bridgehead atoms. The summed E-state index contributed by atoms with van der Waals surface area (Å²) in [6, 6.07) is 9.03. The lowest BCUT2D eigenvalue weighted by atomic mass is 9.85. The minimum absolute atomic E-state index is 0.548. The average Bonchev–Trinajstić information content (AvgIpc) is 2.88. The van der Waals surface area contributed by atoms with E-state index in [1.807, 2.05) is 0 Å². The maximum Gasteiger partial charge on any atom is 0.00504 e. The van der Waals surface area contributed by atoms with Crippen LogP contribution in [-0.2, 0) is 12.8 Å². The summed E-state index contributed by atoms with van der Waals surface area (Å²) in [4.78, 5) is 2.74.